The predicted octanol–water partition coefficient (Wildman–Crippen LogP) is 9.95. The van der Waals surface area contributed by atoms with Crippen molar-refractivity contribution in [3.8, 4) is 0 Å². The molecule has 0 aromatic rings. The summed E-state index contributed by atoms with van der Waals surface area (Å²) in [5.74, 6) is -2.06. The van der Waals surface area contributed by atoms with Gasteiger partial charge in [-0.25, -0.2) is 9.78 Å². The van der Waals surface area contributed by atoms with Gasteiger partial charge in [0.1, 0.15) is 0 Å². The van der Waals surface area contributed by atoms with Gasteiger partial charge in [-0.05, 0) is 87.7 Å². The van der Waals surface area contributed by atoms with Crippen molar-refractivity contribution >= 4 is 23.5 Å². The maximum atomic E-state index is 14.7. The topological polar surface area (TPSA) is 55.4 Å². The summed E-state index contributed by atoms with van der Waals surface area (Å²) in [6.45, 7) is 11.9. The van der Waals surface area contributed by atoms with E-state index in [4.69, 9.17) is 28.7 Å². The minimum Gasteiger partial charge on any atom is -0.459 e. The van der Waals surface area contributed by atoms with Crippen molar-refractivity contribution in [1.82, 2.24) is 0 Å². The van der Waals surface area contributed by atoms with Crippen LogP contribution in [0.25, 0.3) is 0 Å². The van der Waals surface area contributed by atoms with Gasteiger partial charge in [0.15, 0.2) is 5.60 Å². The van der Waals surface area contributed by atoms with Gasteiger partial charge in [-0.1, -0.05) is 27.7 Å². The average Bonchev–Trinajstić information content (AvgIpc) is 3.33. The molecule has 2 bridgehead atoms. The van der Waals surface area contributed by atoms with Crippen LogP contribution in [0, 0.1) is 40.4 Å². The fraction of sp³-hybridized carbons (Fsp3) is 0.889. The Hall–Kier alpha value is -0.800. The second-order valence-electron chi connectivity index (χ2n) is 16.4. The lowest BCUT2D eigenvalue weighted by atomic mass is 9.46. The van der Waals surface area contributed by atoms with Crippen LogP contribution in [-0.2, 0) is 28.7 Å². The molecule has 6 heterocycles. The number of rotatable bonds is 7. The van der Waals surface area contributed by atoms with Gasteiger partial charge in [0, 0.05) is 52.1 Å². The number of ether oxygens (including phenoxy) is 4. The lowest BCUT2D eigenvalue weighted by molar-refractivity contribution is -0.557. The first-order chi connectivity index (χ1) is 23.3. The third-order valence-corrected chi connectivity index (χ3v) is 15.9. The summed E-state index contributed by atoms with van der Waals surface area (Å²) in [4.78, 5) is 11.8. The van der Waals surface area contributed by atoms with Crippen LogP contribution in [0.5, 0.6) is 0 Å². The van der Waals surface area contributed by atoms with Crippen LogP contribution in [0.3, 0.4) is 0 Å². The Morgan fingerprint density at radius 2 is 1.36 bits per heavy atom. The Morgan fingerprint density at radius 1 is 0.700 bits per heavy atom. The SMILES string of the molecule is C[C@@H]1CC[C@@]2(C)C(CSCCSCC3=C(C(F)(F)F)O[C@@H]4OC5(C)CCC6[C@H](C)CC[C@@H]3[C@]64OO5)=C(C(F)(F)F)O[C@@H]3O[C@@H](C)CCC1C32C. The van der Waals surface area contributed by atoms with Crippen molar-refractivity contribution in [3.05, 3.63) is 22.7 Å². The van der Waals surface area contributed by atoms with Gasteiger partial charge in [0.25, 0.3) is 0 Å². The molecule has 8 aliphatic rings. The summed E-state index contributed by atoms with van der Waals surface area (Å²) in [5.41, 5.74) is -2.16. The maximum absolute atomic E-state index is 14.7. The van der Waals surface area contributed by atoms with Gasteiger partial charge in [0.2, 0.25) is 29.9 Å². The molecule has 0 aromatic carbocycles. The predicted molar refractivity (Wildman–Crippen MR) is 177 cm³/mol. The van der Waals surface area contributed by atoms with Crippen molar-refractivity contribution in [2.75, 3.05) is 23.0 Å². The van der Waals surface area contributed by atoms with Gasteiger partial charge >= 0.3 is 12.4 Å². The maximum Gasteiger partial charge on any atom is 0.449 e. The fourth-order valence-electron chi connectivity index (χ4n) is 10.7. The summed E-state index contributed by atoms with van der Waals surface area (Å²) < 4.78 is 112. The van der Waals surface area contributed by atoms with Gasteiger partial charge in [-0.2, -0.15) is 49.9 Å². The summed E-state index contributed by atoms with van der Waals surface area (Å²) in [5, 5.41) is 0. The van der Waals surface area contributed by atoms with Crippen LogP contribution in [-0.4, -0.2) is 65.4 Å². The number of hydrogen-bond donors (Lipinski definition) is 0. The van der Waals surface area contributed by atoms with E-state index in [1.807, 2.05) is 13.8 Å². The molecule has 6 nitrogen and oxygen atoms in total. The summed E-state index contributed by atoms with van der Waals surface area (Å²) in [6.07, 6.45) is -6.33. The van der Waals surface area contributed by atoms with Gasteiger partial charge < -0.3 is 18.9 Å². The molecule has 6 aliphatic heterocycles. The zero-order chi connectivity index (χ0) is 36.1. The summed E-state index contributed by atoms with van der Waals surface area (Å²) in [6, 6.07) is 0. The Balaban J connectivity index is 1.08. The van der Waals surface area contributed by atoms with Crippen LogP contribution in [0.4, 0.5) is 26.3 Å². The number of hydrogen-bond acceptors (Lipinski definition) is 8. The first kappa shape index (κ1) is 37.5. The molecule has 6 fully saturated rings. The van der Waals surface area contributed by atoms with Crippen molar-refractivity contribution < 1.29 is 55.1 Å². The minimum absolute atomic E-state index is 0.0580. The molecule has 0 N–H and O–H groups in total. The lowest BCUT2D eigenvalue weighted by Gasteiger charge is -2.61. The third-order valence-electron chi connectivity index (χ3n) is 13.7. The number of halogens is 6. The molecular weight excluding hydrogens is 707 g/mol. The minimum atomic E-state index is -4.72. The van der Waals surface area contributed by atoms with Crippen LogP contribution in [0.15, 0.2) is 22.7 Å². The molecule has 50 heavy (non-hydrogen) atoms. The van der Waals surface area contributed by atoms with Gasteiger partial charge in [0.05, 0.1) is 6.10 Å². The van der Waals surface area contributed by atoms with Crippen LogP contribution < -0.4 is 0 Å². The number of thioether (sulfide) groups is 2. The van der Waals surface area contributed by atoms with Crippen LogP contribution >= 0.6 is 23.5 Å². The van der Waals surface area contributed by atoms with Gasteiger partial charge in [-0.15, -0.1) is 0 Å². The number of allylic oxidation sites excluding steroid dienone is 2. The smallest absolute Gasteiger partial charge is 0.449 e. The second kappa shape index (κ2) is 12.9. The first-order valence-corrected chi connectivity index (χ1v) is 20.5. The molecule has 0 radical (unpaired) electrons. The molecule has 0 aromatic heterocycles. The molecule has 1 spiro atoms. The highest BCUT2D eigenvalue weighted by Crippen LogP contribution is 2.67. The van der Waals surface area contributed by atoms with Crippen molar-refractivity contribution in [3.63, 3.8) is 0 Å². The third kappa shape index (κ3) is 5.85. The Bertz CT molecular complexity index is 1390. The molecule has 14 heteroatoms. The highest BCUT2D eigenvalue weighted by atomic mass is 32.2. The first-order valence-electron chi connectivity index (χ1n) is 18.1. The average molecular weight is 757 g/mol. The molecule has 2 aliphatic carbocycles. The van der Waals surface area contributed by atoms with E-state index in [0.29, 0.717) is 43.1 Å². The fourth-order valence-corrected chi connectivity index (χ4v) is 13.2. The molecule has 2 saturated carbocycles. The molecular formula is C36H50F6O6S2. The van der Waals surface area contributed by atoms with E-state index in [-0.39, 0.29) is 46.5 Å². The van der Waals surface area contributed by atoms with Gasteiger partial charge in [-0.3, -0.25) is 0 Å². The van der Waals surface area contributed by atoms with Crippen molar-refractivity contribution in [1.29, 1.82) is 0 Å². The summed E-state index contributed by atoms with van der Waals surface area (Å²) >= 11 is 2.71. The zero-order valence-corrected chi connectivity index (χ0v) is 31.3. The normalized spacial score (nSPS) is 46.0. The van der Waals surface area contributed by atoms with E-state index in [0.717, 1.165) is 25.7 Å². The van der Waals surface area contributed by atoms with E-state index < -0.39 is 64.6 Å². The van der Waals surface area contributed by atoms with E-state index in [1.54, 1.807) is 6.92 Å². The number of fused-ring (bicyclic) bond motifs is 2. The van der Waals surface area contributed by atoms with Crippen LogP contribution in [0.1, 0.15) is 92.9 Å². The molecule has 8 rings (SSSR count). The Labute approximate surface area is 299 Å². The summed E-state index contributed by atoms with van der Waals surface area (Å²) in [7, 11) is 0. The quantitative estimate of drug-likeness (QED) is 0.145. The Morgan fingerprint density at radius 3 is 2.06 bits per heavy atom. The van der Waals surface area contributed by atoms with E-state index >= 15 is 0 Å². The number of alkyl halides is 6. The van der Waals surface area contributed by atoms with Crippen molar-refractivity contribution in [2.45, 2.75) is 135 Å². The van der Waals surface area contributed by atoms with E-state index in [1.165, 1.54) is 23.5 Å². The second-order valence-corrected chi connectivity index (χ2v) is 18.7. The molecule has 4 saturated heterocycles. The highest BCUT2D eigenvalue weighted by Gasteiger charge is 2.70. The molecule has 12 atom stereocenters. The Kier molecular flexibility index (Phi) is 9.69. The highest BCUT2D eigenvalue weighted by molar-refractivity contribution is 8.03. The standard InChI is InChI=1S/C36H50F6O6S2/c1-19-7-9-25-22(27(35(37,38)39)44-30-34(25)24(19)12-14-32(5,46-30)47-48-34)17-49-15-16-50-18-26-28(36(40,41)42)45-29-33(6)23(10-8-21(3)43-29)20(2)11-13-31(26,33)4/h19-21,23-25,29-30H,7-18H2,1-6H3/t19-,20-,21+,23?,24?,25+,29+,30-,31+,32?,33?,34-/m1/s1. The van der Waals surface area contributed by atoms with Crippen LogP contribution in [0.2, 0.25) is 0 Å². The lowest BCUT2D eigenvalue weighted by Crippen LogP contribution is -2.67. The largest absolute Gasteiger partial charge is 0.459 e. The molecule has 0 amide bonds. The van der Waals surface area contributed by atoms with E-state index in [9.17, 15) is 26.3 Å². The molecule has 4 unspecified atom stereocenters. The molecule has 284 valence electrons. The monoisotopic (exact) mass is 756 g/mol. The van der Waals surface area contributed by atoms with E-state index in [2.05, 4.69) is 20.8 Å². The van der Waals surface area contributed by atoms with Crippen molar-refractivity contribution in [2.24, 2.45) is 40.4 Å². The zero-order valence-electron chi connectivity index (χ0n) is 29.6.